The van der Waals surface area contributed by atoms with Gasteiger partial charge in [-0.1, -0.05) is 60.1 Å². The Hall–Kier alpha value is -1.73. The number of Topliss-reactive ketones (excluding diaryl/α,β-unsaturated/α-hetero) is 1. The number of carbonyl (C=O) groups excluding carboxylic acids is 3. The SMILES string of the molecule is COC(=O)[C@]12CCC(C)(C)CC1C1=CCC3[C@@]4(C)CC(C(=O)NCCCN5CCOCC5)C(=O)C(C)(C)C4CC[C@@]3(C)[C@]1(C)CC2. The van der Waals surface area contributed by atoms with Gasteiger partial charge in [0, 0.05) is 25.0 Å². The second-order valence-electron chi connectivity index (χ2n) is 18.3. The van der Waals surface area contributed by atoms with E-state index in [1.807, 2.05) is 0 Å². The van der Waals surface area contributed by atoms with E-state index in [2.05, 4.69) is 64.8 Å². The average molecular weight is 639 g/mol. The highest BCUT2D eigenvalue weighted by atomic mass is 16.5. The molecule has 258 valence electrons. The zero-order chi connectivity index (χ0) is 33.3. The first-order valence-corrected chi connectivity index (χ1v) is 18.5. The summed E-state index contributed by atoms with van der Waals surface area (Å²) in [7, 11) is 1.57. The fraction of sp³-hybridized carbons (Fsp3) is 0.872. The number of fused-ring (bicyclic) bond motifs is 7. The van der Waals surface area contributed by atoms with Crippen LogP contribution in [0.2, 0.25) is 0 Å². The summed E-state index contributed by atoms with van der Waals surface area (Å²) in [4.78, 5) is 43.9. The number of allylic oxidation sites excluding steroid dienone is 2. The quantitative estimate of drug-likeness (QED) is 0.153. The maximum absolute atomic E-state index is 14.1. The van der Waals surface area contributed by atoms with Gasteiger partial charge in [-0.25, -0.2) is 0 Å². The lowest BCUT2D eigenvalue weighted by atomic mass is 9.33. The van der Waals surface area contributed by atoms with Gasteiger partial charge < -0.3 is 14.8 Å². The van der Waals surface area contributed by atoms with Gasteiger partial charge in [-0.05, 0) is 110 Å². The maximum atomic E-state index is 14.1. The zero-order valence-corrected chi connectivity index (χ0v) is 30.2. The van der Waals surface area contributed by atoms with Crippen molar-refractivity contribution in [3.8, 4) is 0 Å². The molecule has 0 spiro atoms. The number of carbonyl (C=O) groups is 3. The minimum atomic E-state index is -0.599. The van der Waals surface area contributed by atoms with Crippen molar-refractivity contribution in [2.45, 2.75) is 113 Å². The number of hydrogen-bond acceptors (Lipinski definition) is 6. The molecular weight excluding hydrogens is 576 g/mol. The molecular formula is C39H62N2O5. The number of rotatable bonds is 6. The third kappa shape index (κ3) is 5.06. The third-order valence-corrected chi connectivity index (χ3v) is 15.3. The fourth-order valence-electron chi connectivity index (χ4n) is 12.5. The molecule has 1 N–H and O–H groups in total. The Kier molecular flexibility index (Phi) is 8.69. The lowest BCUT2D eigenvalue weighted by Crippen LogP contribution is -2.66. The fourth-order valence-corrected chi connectivity index (χ4v) is 12.5. The molecule has 6 aliphatic rings. The number of morpholine rings is 1. The van der Waals surface area contributed by atoms with Gasteiger partial charge in [0.25, 0.3) is 0 Å². The number of methoxy groups -OCH3 is 1. The summed E-state index contributed by atoms with van der Waals surface area (Å²) >= 11 is 0. The summed E-state index contributed by atoms with van der Waals surface area (Å²) in [5.41, 5.74) is 0.620. The van der Waals surface area contributed by atoms with E-state index in [1.54, 1.807) is 7.11 Å². The Morgan fingerprint density at radius 2 is 1.65 bits per heavy atom. The molecule has 0 radical (unpaired) electrons. The van der Waals surface area contributed by atoms with Gasteiger partial charge in [0.15, 0.2) is 5.78 Å². The molecule has 7 heteroatoms. The van der Waals surface area contributed by atoms with Gasteiger partial charge in [0.05, 0.1) is 31.7 Å². The number of ketones is 1. The molecule has 5 fully saturated rings. The smallest absolute Gasteiger partial charge is 0.312 e. The Morgan fingerprint density at radius 3 is 2.35 bits per heavy atom. The number of nitrogens with zero attached hydrogens (tertiary/aromatic N) is 1. The van der Waals surface area contributed by atoms with E-state index < -0.39 is 16.7 Å². The van der Waals surface area contributed by atoms with Crippen molar-refractivity contribution in [3.05, 3.63) is 11.6 Å². The number of ether oxygens (including phenoxy) is 2. The first-order valence-electron chi connectivity index (χ1n) is 18.5. The van der Waals surface area contributed by atoms with Gasteiger partial charge in [0.1, 0.15) is 0 Å². The lowest BCUT2D eigenvalue weighted by Gasteiger charge is -2.71. The van der Waals surface area contributed by atoms with Crippen molar-refractivity contribution in [1.29, 1.82) is 0 Å². The second-order valence-corrected chi connectivity index (χ2v) is 18.3. The predicted octanol–water partition coefficient (Wildman–Crippen LogP) is 6.59. The van der Waals surface area contributed by atoms with Crippen LogP contribution in [0.1, 0.15) is 113 Å². The van der Waals surface area contributed by atoms with Crippen molar-refractivity contribution in [1.82, 2.24) is 10.2 Å². The van der Waals surface area contributed by atoms with Crippen molar-refractivity contribution >= 4 is 17.7 Å². The van der Waals surface area contributed by atoms with E-state index in [0.717, 1.165) is 90.6 Å². The molecule has 0 bridgehead atoms. The first kappa shape index (κ1) is 34.1. The molecule has 0 aromatic rings. The highest BCUT2D eigenvalue weighted by molar-refractivity contribution is 6.04. The maximum Gasteiger partial charge on any atom is 0.312 e. The number of esters is 1. The summed E-state index contributed by atoms with van der Waals surface area (Å²) in [5.74, 6) is 0.288. The number of hydrogen-bond donors (Lipinski definition) is 1. The predicted molar refractivity (Wildman–Crippen MR) is 180 cm³/mol. The van der Waals surface area contributed by atoms with Crippen LogP contribution in [0.3, 0.4) is 0 Å². The Balaban J connectivity index is 1.28. The van der Waals surface area contributed by atoms with Crippen LogP contribution in [0.5, 0.6) is 0 Å². The molecule has 6 rings (SSSR count). The Labute approximate surface area is 278 Å². The number of nitrogens with one attached hydrogen (secondary N) is 1. The monoisotopic (exact) mass is 638 g/mol. The van der Waals surface area contributed by atoms with Crippen LogP contribution < -0.4 is 5.32 Å². The molecule has 0 aromatic carbocycles. The van der Waals surface area contributed by atoms with E-state index in [0.29, 0.717) is 18.9 Å². The van der Waals surface area contributed by atoms with E-state index in [9.17, 15) is 14.4 Å². The summed E-state index contributed by atoms with van der Waals surface area (Å²) in [6, 6.07) is 0. The van der Waals surface area contributed by atoms with E-state index in [4.69, 9.17) is 9.47 Å². The molecule has 1 amide bonds. The minimum absolute atomic E-state index is 0.00904. The van der Waals surface area contributed by atoms with Crippen LogP contribution in [-0.2, 0) is 23.9 Å². The zero-order valence-electron chi connectivity index (χ0n) is 30.2. The van der Waals surface area contributed by atoms with Crippen LogP contribution in [-0.4, -0.2) is 69.1 Å². The van der Waals surface area contributed by atoms with Crippen LogP contribution in [0, 0.1) is 56.2 Å². The molecule has 4 saturated carbocycles. The van der Waals surface area contributed by atoms with Gasteiger partial charge in [-0.3, -0.25) is 19.3 Å². The second kappa shape index (κ2) is 11.7. The Bertz CT molecular complexity index is 1270. The largest absolute Gasteiger partial charge is 0.469 e. The average Bonchev–Trinajstić information content (AvgIpc) is 3.01. The van der Waals surface area contributed by atoms with Crippen molar-refractivity contribution in [2.24, 2.45) is 56.2 Å². The molecule has 7 nitrogen and oxygen atoms in total. The topological polar surface area (TPSA) is 84.9 Å². The summed E-state index contributed by atoms with van der Waals surface area (Å²) in [6.45, 7) is 21.5. The van der Waals surface area contributed by atoms with Crippen LogP contribution in [0.15, 0.2) is 11.6 Å². The van der Waals surface area contributed by atoms with Crippen LogP contribution >= 0.6 is 0 Å². The lowest BCUT2D eigenvalue weighted by molar-refractivity contribution is -0.196. The molecule has 1 aliphatic heterocycles. The van der Waals surface area contributed by atoms with E-state index in [1.165, 1.54) is 5.57 Å². The number of amides is 1. The highest BCUT2D eigenvalue weighted by Crippen LogP contribution is 2.75. The Morgan fingerprint density at radius 1 is 0.957 bits per heavy atom. The van der Waals surface area contributed by atoms with Gasteiger partial charge in [0.2, 0.25) is 5.91 Å². The van der Waals surface area contributed by atoms with Crippen molar-refractivity contribution < 1.29 is 23.9 Å². The van der Waals surface area contributed by atoms with Crippen molar-refractivity contribution in [2.75, 3.05) is 46.5 Å². The van der Waals surface area contributed by atoms with E-state index in [-0.39, 0.29) is 51.2 Å². The summed E-state index contributed by atoms with van der Waals surface area (Å²) in [5, 5.41) is 3.19. The standard InChI is InChI=1S/C39H62N2O5/c1-34(2)14-16-39(33(44)45-8)17-15-37(6)27(28(39)25-34)10-11-30-36(5)24-26(31(42)35(3,4)29(36)12-13-38(30,37)7)32(43)40-18-9-19-41-20-22-46-23-21-41/h10,26,28-30H,9,11-25H2,1-8H3,(H,40,43)/t26?,28?,29?,30?,36-,37+,38+,39-/m0/s1. The van der Waals surface area contributed by atoms with Gasteiger partial charge in [-0.2, -0.15) is 0 Å². The van der Waals surface area contributed by atoms with Gasteiger partial charge in [-0.15, -0.1) is 0 Å². The minimum Gasteiger partial charge on any atom is -0.469 e. The van der Waals surface area contributed by atoms with E-state index >= 15 is 0 Å². The molecule has 1 saturated heterocycles. The molecule has 1 heterocycles. The first-order chi connectivity index (χ1) is 21.6. The molecule has 0 aromatic heterocycles. The highest BCUT2D eigenvalue weighted by Gasteiger charge is 2.70. The molecule has 5 aliphatic carbocycles. The molecule has 46 heavy (non-hydrogen) atoms. The normalized spacial score (nSPS) is 43.2. The molecule has 4 unspecified atom stereocenters. The van der Waals surface area contributed by atoms with Crippen LogP contribution in [0.4, 0.5) is 0 Å². The van der Waals surface area contributed by atoms with Crippen LogP contribution in [0.25, 0.3) is 0 Å². The summed E-state index contributed by atoms with van der Waals surface area (Å²) in [6.07, 6.45) is 12.0. The summed E-state index contributed by atoms with van der Waals surface area (Å²) < 4.78 is 11.0. The van der Waals surface area contributed by atoms with Gasteiger partial charge >= 0.3 is 5.97 Å². The van der Waals surface area contributed by atoms with Crippen molar-refractivity contribution in [3.63, 3.8) is 0 Å². The third-order valence-electron chi connectivity index (χ3n) is 15.3. The molecule has 8 atom stereocenters.